The molecule has 1 unspecified atom stereocenters. The maximum atomic E-state index is 12.9. The van der Waals surface area contributed by atoms with Gasteiger partial charge in [0.25, 0.3) is 0 Å². The average Bonchev–Trinajstić information content (AvgIpc) is 3.25. The van der Waals surface area contributed by atoms with E-state index in [2.05, 4.69) is 41.0 Å². The maximum Gasteiger partial charge on any atom is 0.222 e. The van der Waals surface area contributed by atoms with Crippen molar-refractivity contribution in [3.8, 4) is 6.07 Å². The van der Waals surface area contributed by atoms with Gasteiger partial charge in [-0.15, -0.1) is 0 Å². The molecule has 0 bridgehead atoms. The fourth-order valence-corrected chi connectivity index (χ4v) is 5.72. The molecule has 5 rings (SSSR count). The van der Waals surface area contributed by atoms with Crippen LogP contribution in [0.25, 0.3) is 0 Å². The molecule has 3 aliphatic rings. The van der Waals surface area contributed by atoms with Gasteiger partial charge in [-0.25, -0.2) is 0 Å². The Hall–Kier alpha value is -3.04. The Morgan fingerprint density at radius 3 is 2.91 bits per heavy atom. The van der Waals surface area contributed by atoms with Gasteiger partial charge in [0.15, 0.2) is 0 Å². The molecule has 0 radical (unpaired) electrons. The van der Waals surface area contributed by atoms with Gasteiger partial charge in [-0.1, -0.05) is 24.3 Å². The first kappa shape index (κ1) is 22.7. The predicted octanol–water partition coefficient (Wildman–Crippen LogP) is 4.49. The number of rotatable bonds is 5. The fraction of sp³-hybridized carbons (Fsp3) is 0.500. The molecule has 1 amide bonds. The number of aryl methyl sites for hydroxylation is 1. The number of carbonyl (C=O) groups is 1. The highest BCUT2D eigenvalue weighted by Crippen LogP contribution is 2.37. The van der Waals surface area contributed by atoms with Gasteiger partial charge in [0.1, 0.15) is 0 Å². The Morgan fingerprint density at radius 2 is 2.09 bits per heavy atom. The molecule has 178 valence electrons. The summed E-state index contributed by atoms with van der Waals surface area (Å²) in [4.78, 5) is 14.9. The van der Waals surface area contributed by atoms with Crippen molar-refractivity contribution in [2.45, 2.75) is 57.1 Å². The van der Waals surface area contributed by atoms with Crippen LogP contribution in [0.1, 0.15) is 48.8 Å². The molecule has 2 aromatic carbocycles. The fourth-order valence-electron chi connectivity index (χ4n) is 5.72. The minimum Gasteiger partial charge on any atom is -0.385 e. The number of anilines is 2. The van der Waals surface area contributed by atoms with Crippen molar-refractivity contribution >= 4 is 17.3 Å². The number of likely N-dealkylation sites (tertiary alicyclic amines) is 1. The number of carbonyl (C=O) groups excluding carboxylic acids is 1. The van der Waals surface area contributed by atoms with E-state index in [-0.39, 0.29) is 17.6 Å². The first-order valence-corrected chi connectivity index (χ1v) is 12.5. The second-order valence-electron chi connectivity index (χ2n) is 10.2. The zero-order chi connectivity index (χ0) is 23.5. The third-order valence-corrected chi connectivity index (χ3v) is 7.84. The van der Waals surface area contributed by atoms with Crippen molar-refractivity contribution in [2.24, 2.45) is 5.92 Å². The molecule has 0 aromatic heterocycles. The number of hydrogen-bond acceptors (Lipinski definition) is 5. The lowest BCUT2D eigenvalue weighted by molar-refractivity contribution is -0.136. The molecule has 0 aliphatic carbocycles. The Bertz CT molecular complexity index is 1080. The van der Waals surface area contributed by atoms with Gasteiger partial charge in [-0.2, -0.15) is 5.26 Å². The Morgan fingerprint density at radius 1 is 1.26 bits per heavy atom. The van der Waals surface area contributed by atoms with Crippen LogP contribution in [-0.2, 0) is 16.0 Å². The number of amides is 1. The largest absolute Gasteiger partial charge is 0.385 e. The first-order chi connectivity index (χ1) is 16.5. The van der Waals surface area contributed by atoms with E-state index in [1.165, 1.54) is 11.3 Å². The summed E-state index contributed by atoms with van der Waals surface area (Å²) in [7, 11) is 0. The number of piperidine rings is 1. The Labute approximate surface area is 202 Å². The summed E-state index contributed by atoms with van der Waals surface area (Å²) >= 11 is 0. The molecule has 6 heteroatoms. The van der Waals surface area contributed by atoms with E-state index in [0.717, 1.165) is 63.0 Å². The molecule has 2 fully saturated rings. The second-order valence-corrected chi connectivity index (χ2v) is 10.2. The van der Waals surface area contributed by atoms with Crippen LogP contribution < -0.4 is 10.6 Å². The monoisotopic (exact) mass is 458 g/mol. The van der Waals surface area contributed by atoms with Crippen molar-refractivity contribution in [1.29, 1.82) is 5.26 Å². The third-order valence-electron chi connectivity index (χ3n) is 7.84. The maximum absolute atomic E-state index is 12.9. The molecule has 0 saturated carbocycles. The highest BCUT2D eigenvalue weighted by atomic mass is 16.5. The molecule has 2 N–H and O–H groups in total. The van der Waals surface area contributed by atoms with Gasteiger partial charge in [0.2, 0.25) is 5.91 Å². The zero-order valence-electron chi connectivity index (χ0n) is 20.0. The van der Waals surface area contributed by atoms with Crippen molar-refractivity contribution in [1.82, 2.24) is 4.90 Å². The van der Waals surface area contributed by atoms with Crippen molar-refractivity contribution < 1.29 is 9.53 Å². The summed E-state index contributed by atoms with van der Waals surface area (Å²) < 4.78 is 6.29. The van der Waals surface area contributed by atoms with Gasteiger partial charge < -0.3 is 20.3 Å². The molecule has 2 atom stereocenters. The molecule has 34 heavy (non-hydrogen) atoms. The van der Waals surface area contributed by atoms with E-state index in [0.29, 0.717) is 24.5 Å². The molecule has 2 saturated heterocycles. The van der Waals surface area contributed by atoms with E-state index >= 15 is 0 Å². The van der Waals surface area contributed by atoms with Crippen molar-refractivity contribution in [3.05, 3.63) is 59.2 Å². The van der Waals surface area contributed by atoms with Gasteiger partial charge in [-0.3, -0.25) is 4.79 Å². The third kappa shape index (κ3) is 4.90. The molecule has 6 nitrogen and oxygen atoms in total. The van der Waals surface area contributed by atoms with Gasteiger partial charge in [0, 0.05) is 37.4 Å². The van der Waals surface area contributed by atoms with Crippen LogP contribution >= 0.6 is 0 Å². The SMILES string of the molecule is Cc1ccc(N[C@H]2COC3(CCN(C(=O)CCC4CNc5ccccc5C4)CC3)C2)cc1C#N. The summed E-state index contributed by atoms with van der Waals surface area (Å²) in [6.45, 7) is 5.13. The van der Waals surface area contributed by atoms with Gasteiger partial charge >= 0.3 is 0 Å². The van der Waals surface area contributed by atoms with Crippen LogP contribution in [0.4, 0.5) is 11.4 Å². The lowest BCUT2D eigenvalue weighted by atomic mass is 9.86. The van der Waals surface area contributed by atoms with E-state index in [4.69, 9.17) is 4.74 Å². The van der Waals surface area contributed by atoms with Crippen LogP contribution in [0.3, 0.4) is 0 Å². The first-order valence-electron chi connectivity index (χ1n) is 12.5. The molecule has 2 aromatic rings. The summed E-state index contributed by atoms with van der Waals surface area (Å²) in [6, 6.07) is 16.9. The van der Waals surface area contributed by atoms with E-state index in [9.17, 15) is 10.1 Å². The normalized spacial score (nSPS) is 23.1. The summed E-state index contributed by atoms with van der Waals surface area (Å²) in [5, 5.41) is 16.4. The summed E-state index contributed by atoms with van der Waals surface area (Å²) in [6.07, 6.45) is 5.35. The number of nitrogens with zero attached hydrogens (tertiary/aromatic N) is 2. The van der Waals surface area contributed by atoms with E-state index < -0.39 is 0 Å². The van der Waals surface area contributed by atoms with Crippen LogP contribution in [0.2, 0.25) is 0 Å². The minimum atomic E-state index is -0.131. The average molecular weight is 459 g/mol. The molecule has 1 spiro atoms. The topological polar surface area (TPSA) is 77.4 Å². The van der Waals surface area contributed by atoms with Crippen molar-refractivity contribution in [2.75, 3.05) is 36.9 Å². The summed E-state index contributed by atoms with van der Waals surface area (Å²) in [5.41, 5.74) is 5.15. The Balaban J connectivity index is 1.08. The van der Waals surface area contributed by atoms with Crippen LogP contribution in [0.5, 0.6) is 0 Å². The molecule has 3 aliphatic heterocycles. The number of nitrogens with one attached hydrogen (secondary N) is 2. The lowest BCUT2D eigenvalue weighted by Crippen LogP contribution is -2.46. The zero-order valence-corrected chi connectivity index (χ0v) is 20.0. The molecular formula is C28H34N4O2. The number of hydrogen-bond donors (Lipinski definition) is 2. The predicted molar refractivity (Wildman–Crippen MR) is 134 cm³/mol. The highest BCUT2D eigenvalue weighted by molar-refractivity contribution is 5.76. The minimum absolute atomic E-state index is 0.131. The van der Waals surface area contributed by atoms with Crippen molar-refractivity contribution in [3.63, 3.8) is 0 Å². The van der Waals surface area contributed by atoms with E-state index in [1.807, 2.05) is 30.0 Å². The van der Waals surface area contributed by atoms with Crippen LogP contribution in [0, 0.1) is 24.2 Å². The smallest absolute Gasteiger partial charge is 0.222 e. The number of benzene rings is 2. The van der Waals surface area contributed by atoms with Gasteiger partial charge in [0.05, 0.1) is 29.9 Å². The quantitative estimate of drug-likeness (QED) is 0.690. The Kier molecular flexibility index (Phi) is 6.47. The van der Waals surface area contributed by atoms with Gasteiger partial charge in [-0.05, 0) is 74.3 Å². The number of nitriles is 1. The lowest BCUT2D eigenvalue weighted by Gasteiger charge is -2.39. The summed E-state index contributed by atoms with van der Waals surface area (Å²) in [5.74, 6) is 0.799. The van der Waals surface area contributed by atoms with Crippen LogP contribution in [-0.4, -0.2) is 48.7 Å². The van der Waals surface area contributed by atoms with Crippen LogP contribution in [0.15, 0.2) is 42.5 Å². The second kappa shape index (κ2) is 9.68. The highest BCUT2D eigenvalue weighted by Gasteiger charge is 2.43. The number of ether oxygens (including phenoxy) is 1. The van der Waals surface area contributed by atoms with E-state index in [1.54, 1.807) is 0 Å². The number of para-hydroxylation sites is 1. The molecule has 3 heterocycles. The number of fused-ring (bicyclic) bond motifs is 1. The molecular weight excluding hydrogens is 424 g/mol. The standard InChI is InChI=1S/C28H34N4O2/c1-20-6-8-24(15-23(20)17-29)31-25-16-28(34-19-25)10-12-32(13-11-28)27(33)9-7-21-14-22-4-2-3-5-26(22)30-18-21/h2-6,8,15,21,25,30-31H,7,9-14,16,18-19H2,1H3/t21?,25-/m1/s1.